The molecule has 11 heteroatoms. The predicted octanol–water partition coefficient (Wildman–Crippen LogP) is 2.11. The molecule has 1 fully saturated rings. The highest BCUT2D eigenvalue weighted by atomic mass is 32.1. The smallest absolute Gasteiger partial charge is 0.229 e. The van der Waals surface area contributed by atoms with Gasteiger partial charge in [0.15, 0.2) is 5.82 Å². The maximum absolute atomic E-state index is 12.6. The Balaban J connectivity index is 1.32. The summed E-state index contributed by atoms with van der Waals surface area (Å²) < 4.78 is 1.60. The molecule has 1 amide bonds. The van der Waals surface area contributed by atoms with Crippen LogP contribution in [0.5, 0.6) is 0 Å². The summed E-state index contributed by atoms with van der Waals surface area (Å²) in [5.41, 5.74) is 0. The molecule has 3 aromatic rings. The maximum Gasteiger partial charge on any atom is 0.229 e. The second-order valence-electron chi connectivity index (χ2n) is 6.93. The van der Waals surface area contributed by atoms with Crippen LogP contribution in [0.4, 0.5) is 10.9 Å². The molecule has 1 saturated heterocycles. The van der Waals surface area contributed by atoms with Gasteiger partial charge >= 0.3 is 0 Å². The summed E-state index contributed by atoms with van der Waals surface area (Å²) in [7, 11) is 0. The number of nitrogens with zero attached hydrogens (tertiary/aromatic N) is 8. The summed E-state index contributed by atoms with van der Waals surface area (Å²) in [5, 5.41) is 16.9. The van der Waals surface area contributed by atoms with Crippen LogP contribution >= 0.6 is 11.3 Å². The highest BCUT2D eigenvalue weighted by Gasteiger charge is 2.26. The molecule has 0 radical (unpaired) electrons. The van der Waals surface area contributed by atoms with Crippen LogP contribution in [-0.2, 0) is 11.2 Å². The summed E-state index contributed by atoms with van der Waals surface area (Å²) in [5.74, 6) is 1.48. The number of anilines is 2. The zero-order chi connectivity index (χ0) is 20.1. The van der Waals surface area contributed by atoms with Crippen LogP contribution in [0, 0.1) is 5.92 Å². The number of hydrogen-bond acceptors (Lipinski definition) is 9. The van der Waals surface area contributed by atoms with E-state index in [1.54, 1.807) is 11.0 Å². The molecule has 152 valence electrons. The molecule has 0 aliphatic carbocycles. The lowest BCUT2D eigenvalue weighted by atomic mass is 9.96. The first-order valence-electron chi connectivity index (χ1n) is 9.78. The number of aryl methyl sites for hydroxylation is 1. The molecule has 0 aromatic carbocycles. The van der Waals surface area contributed by atoms with Crippen molar-refractivity contribution in [1.82, 2.24) is 34.9 Å². The second kappa shape index (κ2) is 9.03. The molecule has 0 bridgehead atoms. The molecule has 0 spiro atoms. The van der Waals surface area contributed by atoms with Gasteiger partial charge in [0, 0.05) is 31.5 Å². The molecular formula is C18H23N9OS. The van der Waals surface area contributed by atoms with E-state index in [1.807, 2.05) is 6.07 Å². The quantitative estimate of drug-likeness (QED) is 0.626. The van der Waals surface area contributed by atoms with Gasteiger partial charge in [-0.3, -0.25) is 4.79 Å². The minimum absolute atomic E-state index is 0.0221. The number of rotatable bonds is 7. The Morgan fingerprint density at radius 3 is 2.79 bits per heavy atom. The predicted molar refractivity (Wildman–Crippen MR) is 109 cm³/mol. The van der Waals surface area contributed by atoms with E-state index in [4.69, 9.17) is 0 Å². The fraction of sp³-hybridized carbons (Fsp3) is 0.500. The number of amides is 1. The Morgan fingerprint density at radius 1 is 1.21 bits per heavy atom. The van der Waals surface area contributed by atoms with E-state index in [2.05, 4.69) is 47.4 Å². The third-order valence-corrected chi connectivity index (χ3v) is 5.82. The standard InChI is InChI=1S/C18H23N9OS/c1-2-3-4-16-24-25-18(29-16)23-17(28)13-5-7-26(8-6-13)14-9-15(21-11-20-14)27-12-19-10-22-27/h9-13H,2-8H2,1H3,(H,23,25,28). The lowest BCUT2D eigenvalue weighted by molar-refractivity contribution is -0.120. The third kappa shape index (κ3) is 4.73. The molecular weight excluding hydrogens is 390 g/mol. The highest BCUT2D eigenvalue weighted by Crippen LogP contribution is 2.25. The molecule has 4 heterocycles. The summed E-state index contributed by atoms with van der Waals surface area (Å²) >= 11 is 1.47. The average molecular weight is 414 g/mol. The van der Waals surface area contributed by atoms with Crippen LogP contribution in [0.25, 0.3) is 5.82 Å². The number of aromatic nitrogens is 7. The fourth-order valence-electron chi connectivity index (χ4n) is 3.27. The first-order valence-corrected chi connectivity index (χ1v) is 10.6. The van der Waals surface area contributed by atoms with Crippen molar-refractivity contribution in [1.29, 1.82) is 0 Å². The summed E-state index contributed by atoms with van der Waals surface area (Å²) in [6.07, 6.45) is 9.23. The molecule has 1 aliphatic heterocycles. The van der Waals surface area contributed by atoms with Crippen molar-refractivity contribution in [3.05, 3.63) is 30.1 Å². The van der Waals surface area contributed by atoms with Gasteiger partial charge in [-0.15, -0.1) is 10.2 Å². The van der Waals surface area contributed by atoms with Gasteiger partial charge in [-0.2, -0.15) is 5.10 Å². The Hall–Kier alpha value is -2.95. The van der Waals surface area contributed by atoms with Gasteiger partial charge in [0.1, 0.15) is 29.8 Å². The SMILES string of the molecule is CCCCc1nnc(NC(=O)C2CCN(c3cc(-n4cncn4)ncn3)CC2)s1. The molecule has 1 N–H and O–H groups in total. The lowest BCUT2D eigenvalue weighted by Gasteiger charge is -2.31. The highest BCUT2D eigenvalue weighted by molar-refractivity contribution is 7.15. The van der Waals surface area contributed by atoms with Crippen molar-refractivity contribution in [2.75, 3.05) is 23.3 Å². The molecule has 0 atom stereocenters. The number of carbonyl (C=O) groups is 1. The van der Waals surface area contributed by atoms with Crippen LogP contribution in [-0.4, -0.2) is 53.9 Å². The zero-order valence-corrected chi connectivity index (χ0v) is 17.0. The lowest BCUT2D eigenvalue weighted by Crippen LogP contribution is -2.38. The van der Waals surface area contributed by atoms with Crippen LogP contribution in [0.3, 0.4) is 0 Å². The summed E-state index contributed by atoms with van der Waals surface area (Å²) in [4.78, 5) is 27.3. The average Bonchev–Trinajstić information content (AvgIpc) is 3.45. The molecule has 3 aromatic heterocycles. The number of unbranched alkanes of at least 4 members (excludes halogenated alkanes) is 1. The van der Waals surface area contributed by atoms with Gasteiger partial charge in [0.05, 0.1) is 0 Å². The summed E-state index contributed by atoms with van der Waals surface area (Å²) in [6.45, 7) is 3.65. The number of hydrogen-bond donors (Lipinski definition) is 1. The van der Waals surface area contributed by atoms with Gasteiger partial charge < -0.3 is 10.2 Å². The summed E-state index contributed by atoms with van der Waals surface area (Å²) in [6, 6.07) is 1.88. The van der Waals surface area contributed by atoms with Crippen molar-refractivity contribution >= 4 is 28.2 Å². The molecule has 4 rings (SSSR count). The van der Waals surface area contributed by atoms with Crippen LogP contribution in [0.15, 0.2) is 25.0 Å². The maximum atomic E-state index is 12.6. The van der Waals surface area contributed by atoms with Crippen LogP contribution in [0.2, 0.25) is 0 Å². The monoisotopic (exact) mass is 413 g/mol. The fourth-order valence-corrected chi connectivity index (χ4v) is 4.06. The molecule has 29 heavy (non-hydrogen) atoms. The van der Waals surface area contributed by atoms with Crippen molar-refractivity contribution in [3.63, 3.8) is 0 Å². The van der Waals surface area contributed by atoms with E-state index in [0.717, 1.165) is 56.0 Å². The van der Waals surface area contributed by atoms with Gasteiger partial charge in [-0.05, 0) is 19.3 Å². The van der Waals surface area contributed by atoms with E-state index in [9.17, 15) is 4.79 Å². The van der Waals surface area contributed by atoms with Crippen molar-refractivity contribution in [2.45, 2.75) is 39.0 Å². The largest absolute Gasteiger partial charge is 0.356 e. The minimum atomic E-state index is -0.0362. The number of piperidine rings is 1. The van der Waals surface area contributed by atoms with E-state index in [-0.39, 0.29) is 11.8 Å². The van der Waals surface area contributed by atoms with E-state index < -0.39 is 0 Å². The van der Waals surface area contributed by atoms with Gasteiger partial charge in [0.2, 0.25) is 11.0 Å². The van der Waals surface area contributed by atoms with Crippen LogP contribution in [0.1, 0.15) is 37.6 Å². The van der Waals surface area contributed by atoms with Crippen molar-refractivity contribution in [2.24, 2.45) is 5.92 Å². The molecule has 0 unspecified atom stereocenters. The Kier molecular flexibility index (Phi) is 6.03. The topological polar surface area (TPSA) is 115 Å². The normalized spacial score (nSPS) is 14.9. The van der Waals surface area contributed by atoms with E-state index >= 15 is 0 Å². The third-order valence-electron chi connectivity index (χ3n) is 4.92. The van der Waals surface area contributed by atoms with E-state index in [1.165, 1.54) is 24.0 Å². The second-order valence-corrected chi connectivity index (χ2v) is 7.99. The Morgan fingerprint density at radius 2 is 2.03 bits per heavy atom. The zero-order valence-electron chi connectivity index (χ0n) is 16.2. The molecule has 1 aliphatic rings. The first kappa shape index (κ1) is 19.4. The number of carbonyl (C=O) groups excluding carboxylic acids is 1. The molecule has 0 saturated carbocycles. The Labute approximate surface area is 172 Å². The number of nitrogens with one attached hydrogen (secondary N) is 1. The molecule has 10 nitrogen and oxygen atoms in total. The first-order chi connectivity index (χ1) is 14.2. The Bertz CT molecular complexity index is 934. The van der Waals surface area contributed by atoms with Crippen LogP contribution < -0.4 is 10.2 Å². The van der Waals surface area contributed by atoms with Crippen molar-refractivity contribution in [3.8, 4) is 5.82 Å². The van der Waals surface area contributed by atoms with Gasteiger partial charge in [0.25, 0.3) is 0 Å². The minimum Gasteiger partial charge on any atom is -0.356 e. The van der Waals surface area contributed by atoms with Crippen molar-refractivity contribution < 1.29 is 4.79 Å². The van der Waals surface area contributed by atoms with E-state index in [0.29, 0.717) is 10.9 Å². The van der Waals surface area contributed by atoms with Gasteiger partial charge in [-0.25, -0.2) is 19.6 Å². The van der Waals surface area contributed by atoms with Gasteiger partial charge in [-0.1, -0.05) is 24.7 Å².